The number of thiophene rings is 1. The molecular weight excluding hydrogens is 375 g/mol. The maximum atomic E-state index is 13.3. The zero-order valence-electron chi connectivity index (χ0n) is 11.3. The van der Waals surface area contributed by atoms with Gasteiger partial charge in [0.2, 0.25) is 10.0 Å². The van der Waals surface area contributed by atoms with E-state index < -0.39 is 33.9 Å². The van der Waals surface area contributed by atoms with Gasteiger partial charge in [-0.15, -0.1) is 11.3 Å². The van der Waals surface area contributed by atoms with Gasteiger partial charge in [0, 0.05) is 0 Å². The van der Waals surface area contributed by atoms with Gasteiger partial charge in [0.25, 0.3) is 0 Å². The van der Waals surface area contributed by atoms with Crippen LogP contribution in [0, 0.1) is 0 Å². The Labute approximate surface area is 139 Å². The lowest BCUT2D eigenvalue weighted by Gasteiger charge is -2.31. The first-order valence-corrected chi connectivity index (χ1v) is 8.84. The Hall–Kier alpha value is -1.13. The number of alkyl halides is 3. The van der Waals surface area contributed by atoms with E-state index in [2.05, 4.69) is 0 Å². The average Bonchev–Trinajstić information content (AvgIpc) is 2.92. The molecular formula is C13H11ClF3NO3S2. The molecule has 0 spiro atoms. The van der Waals surface area contributed by atoms with E-state index in [1.807, 2.05) is 0 Å². The Balaban J connectivity index is 2.30. The van der Waals surface area contributed by atoms with Crippen LogP contribution in [0.25, 0.3) is 0 Å². The molecule has 0 bridgehead atoms. The second kappa shape index (κ2) is 6.40. The van der Waals surface area contributed by atoms with Gasteiger partial charge in [0.15, 0.2) is 5.60 Å². The third-order valence-electron chi connectivity index (χ3n) is 3.05. The van der Waals surface area contributed by atoms with E-state index in [1.165, 1.54) is 30.3 Å². The standard InChI is InChI=1S/C13H11ClF3NO3S2/c14-10-6-7-11(22-10)23(20,21)18-8-12(19,13(15,16)17)9-4-2-1-3-5-9/h1-7,18-19H,8H2. The first-order chi connectivity index (χ1) is 10.6. The minimum absolute atomic E-state index is 0.180. The summed E-state index contributed by atoms with van der Waals surface area (Å²) in [6.45, 7) is -1.25. The van der Waals surface area contributed by atoms with Gasteiger partial charge in [-0.05, 0) is 17.7 Å². The summed E-state index contributed by atoms with van der Waals surface area (Å²) < 4.78 is 65.6. The highest BCUT2D eigenvalue weighted by Crippen LogP contribution is 2.38. The third-order valence-corrected chi connectivity index (χ3v) is 6.18. The SMILES string of the molecule is O=S(=O)(NCC(O)(c1ccccc1)C(F)(F)F)c1ccc(Cl)s1. The van der Waals surface area contributed by atoms with E-state index in [4.69, 9.17) is 11.6 Å². The highest BCUT2D eigenvalue weighted by Gasteiger charge is 2.55. The van der Waals surface area contributed by atoms with Crippen LogP contribution in [-0.2, 0) is 15.6 Å². The molecule has 2 rings (SSSR count). The molecule has 1 atom stereocenters. The van der Waals surface area contributed by atoms with Crippen molar-refractivity contribution in [2.24, 2.45) is 0 Å². The lowest BCUT2D eigenvalue weighted by molar-refractivity contribution is -0.263. The van der Waals surface area contributed by atoms with Crippen molar-refractivity contribution in [3.05, 3.63) is 52.4 Å². The summed E-state index contributed by atoms with van der Waals surface area (Å²) in [5.41, 5.74) is -3.80. The molecule has 1 unspecified atom stereocenters. The molecule has 0 saturated carbocycles. The Bertz CT molecular complexity index is 777. The van der Waals surface area contributed by atoms with Crippen LogP contribution in [0.1, 0.15) is 5.56 Å². The normalized spacial score (nSPS) is 15.3. The van der Waals surface area contributed by atoms with Crippen molar-refractivity contribution in [2.75, 3.05) is 6.54 Å². The van der Waals surface area contributed by atoms with Crippen LogP contribution < -0.4 is 4.72 Å². The highest BCUT2D eigenvalue weighted by molar-refractivity contribution is 7.91. The maximum absolute atomic E-state index is 13.3. The summed E-state index contributed by atoms with van der Waals surface area (Å²) in [5.74, 6) is 0. The first kappa shape index (κ1) is 18.2. The Morgan fingerprint density at radius 3 is 2.22 bits per heavy atom. The summed E-state index contributed by atoms with van der Waals surface area (Å²) in [6.07, 6.45) is -5.07. The molecule has 1 heterocycles. The second-order valence-corrected chi connectivity index (χ2v) is 8.32. The van der Waals surface area contributed by atoms with E-state index in [9.17, 15) is 26.7 Å². The van der Waals surface area contributed by atoms with Crippen LogP contribution in [0.5, 0.6) is 0 Å². The topological polar surface area (TPSA) is 66.4 Å². The molecule has 0 aliphatic rings. The summed E-state index contributed by atoms with van der Waals surface area (Å²) in [6, 6.07) is 8.75. The largest absolute Gasteiger partial charge is 0.422 e. The lowest BCUT2D eigenvalue weighted by atomic mass is 9.93. The predicted molar refractivity (Wildman–Crippen MR) is 80.9 cm³/mol. The molecule has 2 aromatic rings. The fraction of sp³-hybridized carbons (Fsp3) is 0.231. The predicted octanol–water partition coefficient (Wildman–Crippen LogP) is 3.13. The Kier molecular flexibility index (Phi) is 5.07. The molecule has 0 saturated heterocycles. The molecule has 10 heteroatoms. The number of halogens is 4. The molecule has 0 fully saturated rings. The molecule has 126 valence electrons. The van der Waals surface area contributed by atoms with Gasteiger partial charge in [0.05, 0.1) is 10.9 Å². The van der Waals surface area contributed by atoms with Crippen LogP contribution in [0.2, 0.25) is 4.34 Å². The summed E-state index contributed by atoms with van der Waals surface area (Å²) in [7, 11) is -4.22. The zero-order valence-corrected chi connectivity index (χ0v) is 13.7. The van der Waals surface area contributed by atoms with Gasteiger partial charge in [-0.1, -0.05) is 41.9 Å². The summed E-state index contributed by atoms with van der Waals surface area (Å²) >= 11 is 6.32. The molecule has 23 heavy (non-hydrogen) atoms. The van der Waals surface area contributed by atoms with Gasteiger partial charge in [0.1, 0.15) is 4.21 Å². The van der Waals surface area contributed by atoms with Gasteiger partial charge in [-0.25, -0.2) is 13.1 Å². The van der Waals surface area contributed by atoms with Crippen LogP contribution in [0.4, 0.5) is 13.2 Å². The molecule has 0 aliphatic carbocycles. The van der Waals surface area contributed by atoms with Crippen molar-refractivity contribution in [1.29, 1.82) is 0 Å². The van der Waals surface area contributed by atoms with Gasteiger partial charge in [-0.2, -0.15) is 13.2 Å². The molecule has 1 aromatic carbocycles. The number of rotatable bonds is 5. The minimum Gasteiger partial charge on any atom is -0.375 e. The van der Waals surface area contributed by atoms with E-state index in [0.29, 0.717) is 11.3 Å². The molecule has 0 amide bonds. The second-order valence-electron chi connectivity index (χ2n) is 4.61. The number of aliphatic hydroxyl groups is 1. The van der Waals surface area contributed by atoms with Gasteiger partial charge >= 0.3 is 6.18 Å². The fourth-order valence-electron chi connectivity index (χ4n) is 1.79. The van der Waals surface area contributed by atoms with Gasteiger partial charge in [-0.3, -0.25) is 0 Å². The fourth-order valence-corrected chi connectivity index (χ4v) is 4.38. The number of hydrogen-bond acceptors (Lipinski definition) is 4. The van der Waals surface area contributed by atoms with Crippen molar-refractivity contribution in [2.45, 2.75) is 16.0 Å². The summed E-state index contributed by atoms with van der Waals surface area (Å²) in [5, 5.41) is 10.1. The number of hydrogen-bond donors (Lipinski definition) is 2. The van der Waals surface area contributed by atoms with Crippen molar-refractivity contribution in [3.63, 3.8) is 0 Å². The monoisotopic (exact) mass is 385 g/mol. The van der Waals surface area contributed by atoms with Crippen LogP contribution in [0.15, 0.2) is 46.7 Å². The molecule has 0 radical (unpaired) electrons. The zero-order chi connectivity index (χ0) is 17.3. The van der Waals surface area contributed by atoms with E-state index in [1.54, 1.807) is 4.72 Å². The van der Waals surface area contributed by atoms with Crippen molar-refractivity contribution < 1.29 is 26.7 Å². The molecule has 1 aromatic heterocycles. The van der Waals surface area contributed by atoms with Crippen molar-refractivity contribution in [1.82, 2.24) is 4.72 Å². The quantitative estimate of drug-likeness (QED) is 0.831. The minimum atomic E-state index is -5.07. The molecule has 2 N–H and O–H groups in total. The average molecular weight is 386 g/mol. The van der Waals surface area contributed by atoms with E-state index in [0.717, 1.165) is 12.1 Å². The van der Waals surface area contributed by atoms with E-state index in [-0.39, 0.29) is 8.55 Å². The smallest absolute Gasteiger partial charge is 0.375 e. The lowest BCUT2D eigenvalue weighted by Crippen LogP contribution is -2.50. The van der Waals surface area contributed by atoms with Gasteiger partial charge < -0.3 is 5.11 Å². The van der Waals surface area contributed by atoms with Crippen molar-refractivity contribution >= 4 is 33.0 Å². The van der Waals surface area contributed by atoms with Crippen LogP contribution >= 0.6 is 22.9 Å². The number of benzene rings is 1. The first-order valence-electron chi connectivity index (χ1n) is 6.16. The number of sulfonamides is 1. The molecule has 0 aliphatic heterocycles. The van der Waals surface area contributed by atoms with E-state index >= 15 is 0 Å². The maximum Gasteiger partial charge on any atom is 0.422 e. The third kappa shape index (κ3) is 3.86. The Morgan fingerprint density at radius 2 is 1.74 bits per heavy atom. The summed E-state index contributed by atoms with van der Waals surface area (Å²) in [4.78, 5) is 0. The number of nitrogens with one attached hydrogen (secondary N) is 1. The van der Waals surface area contributed by atoms with Crippen LogP contribution in [0.3, 0.4) is 0 Å². The van der Waals surface area contributed by atoms with Crippen molar-refractivity contribution in [3.8, 4) is 0 Å². The highest BCUT2D eigenvalue weighted by atomic mass is 35.5. The Morgan fingerprint density at radius 1 is 1.13 bits per heavy atom. The molecule has 4 nitrogen and oxygen atoms in total. The van der Waals surface area contributed by atoms with Crippen LogP contribution in [-0.4, -0.2) is 26.2 Å².